The maximum atomic E-state index is 5.96. The zero-order valence-electron chi connectivity index (χ0n) is 9.96. The maximum Gasteiger partial charge on any atom is 0.191 e. The van der Waals surface area contributed by atoms with Gasteiger partial charge in [0.2, 0.25) is 0 Å². The number of aliphatic imine (C=N–C) groups is 1. The van der Waals surface area contributed by atoms with Gasteiger partial charge in [0, 0.05) is 30.3 Å². The quantitative estimate of drug-likeness (QED) is 0.617. The van der Waals surface area contributed by atoms with Crippen LogP contribution in [0.4, 0.5) is 0 Å². The second kappa shape index (κ2) is 5.86. The van der Waals surface area contributed by atoms with Crippen LogP contribution in [0, 0.1) is 6.92 Å². The van der Waals surface area contributed by atoms with Crippen LogP contribution in [-0.2, 0) is 6.54 Å². The molecule has 1 saturated heterocycles. The van der Waals surface area contributed by atoms with Gasteiger partial charge in [-0.1, -0.05) is 0 Å². The molecule has 92 valence electrons. The average Bonchev–Trinajstić information content (AvgIpc) is 2.37. The number of thioether (sulfide) groups is 1. The van der Waals surface area contributed by atoms with Gasteiger partial charge in [-0.05, 0) is 13.0 Å². The van der Waals surface area contributed by atoms with Crippen molar-refractivity contribution in [1.29, 1.82) is 0 Å². The topological polar surface area (TPSA) is 67.4 Å². The van der Waals surface area contributed by atoms with Gasteiger partial charge >= 0.3 is 0 Å². The average molecular weight is 251 g/mol. The lowest BCUT2D eigenvalue weighted by molar-refractivity contribution is 0.455. The van der Waals surface area contributed by atoms with E-state index in [0.717, 1.165) is 36.0 Å². The van der Waals surface area contributed by atoms with Gasteiger partial charge < -0.3 is 10.6 Å². The SMILES string of the molecule is Cc1cc(CN=C(N)N2CCSCC2)ncn1. The molecule has 0 bridgehead atoms. The molecule has 1 fully saturated rings. The molecule has 5 nitrogen and oxygen atoms in total. The van der Waals surface area contributed by atoms with E-state index in [1.165, 1.54) is 0 Å². The van der Waals surface area contributed by atoms with Crippen LogP contribution >= 0.6 is 11.8 Å². The fourth-order valence-electron chi connectivity index (χ4n) is 1.65. The molecular weight excluding hydrogens is 234 g/mol. The molecule has 0 aromatic carbocycles. The number of aryl methyl sites for hydroxylation is 1. The standard InChI is InChI=1S/C11H17N5S/c1-9-6-10(15-8-14-9)7-13-11(12)16-2-4-17-5-3-16/h6,8H,2-5,7H2,1H3,(H2,12,13). The van der Waals surface area contributed by atoms with Crippen LogP contribution in [0.15, 0.2) is 17.4 Å². The largest absolute Gasteiger partial charge is 0.370 e. The van der Waals surface area contributed by atoms with Crippen molar-refractivity contribution in [3.63, 3.8) is 0 Å². The molecule has 0 aliphatic carbocycles. The number of hydrogen-bond donors (Lipinski definition) is 1. The number of hydrogen-bond acceptors (Lipinski definition) is 4. The maximum absolute atomic E-state index is 5.96. The van der Waals surface area contributed by atoms with Crippen LogP contribution in [0.25, 0.3) is 0 Å². The summed E-state index contributed by atoms with van der Waals surface area (Å²) in [6, 6.07) is 1.93. The third-order valence-corrected chi connectivity index (χ3v) is 3.54. The first-order chi connectivity index (χ1) is 8.25. The van der Waals surface area contributed by atoms with Crippen molar-refractivity contribution in [1.82, 2.24) is 14.9 Å². The van der Waals surface area contributed by atoms with Crippen LogP contribution in [0.5, 0.6) is 0 Å². The van der Waals surface area contributed by atoms with Gasteiger partial charge in [-0.15, -0.1) is 0 Å². The van der Waals surface area contributed by atoms with Gasteiger partial charge in [0.05, 0.1) is 12.2 Å². The highest BCUT2D eigenvalue weighted by atomic mass is 32.2. The highest BCUT2D eigenvalue weighted by Crippen LogP contribution is 2.08. The fraction of sp³-hybridized carbons (Fsp3) is 0.545. The van der Waals surface area contributed by atoms with E-state index in [-0.39, 0.29) is 0 Å². The highest BCUT2D eigenvalue weighted by Gasteiger charge is 2.11. The highest BCUT2D eigenvalue weighted by molar-refractivity contribution is 7.99. The zero-order chi connectivity index (χ0) is 12.1. The van der Waals surface area contributed by atoms with Crippen molar-refractivity contribution in [3.8, 4) is 0 Å². The minimum atomic E-state index is 0.527. The van der Waals surface area contributed by atoms with E-state index >= 15 is 0 Å². The van der Waals surface area contributed by atoms with E-state index in [2.05, 4.69) is 19.9 Å². The Morgan fingerprint density at radius 2 is 2.24 bits per heavy atom. The summed E-state index contributed by atoms with van der Waals surface area (Å²) in [6.45, 7) is 4.45. The lowest BCUT2D eigenvalue weighted by Gasteiger charge is -2.27. The number of nitrogens with zero attached hydrogens (tertiary/aromatic N) is 4. The molecule has 0 atom stereocenters. The van der Waals surface area contributed by atoms with Crippen molar-refractivity contribution in [2.75, 3.05) is 24.6 Å². The van der Waals surface area contributed by atoms with Gasteiger partial charge in [0.15, 0.2) is 5.96 Å². The third-order valence-electron chi connectivity index (χ3n) is 2.60. The van der Waals surface area contributed by atoms with Crippen molar-refractivity contribution < 1.29 is 0 Å². The minimum absolute atomic E-state index is 0.527. The van der Waals surface area contributed by atoms with E-state index in [9.17, 15) is 0 Å². The van der Waals surface area contributed by atoms with Crippen LogP contribution in [0.3, 0.4) is 0 Å². The Hall–Kier alpha value is -1.30. The molecule has 0 spiro atoms. The molecule has 0 radical (unpaired) electrons. The summed E-state index contributed by atoms with van der Waals surface area (Å²) in [7, 11) is 0. The van der Waals surface area contributed by atoms with Gasteiger partial charge in [0.1, 0.15) is 6.33 Å². The minimum Gasteiger partial charge on any atom is -0.370 e. The van der Waals surface area contributed by atoms with Crippen molar-refractivity contribution in [2.45, 2.75) is 13.5 Å². The summed E-state index contributed by atoms with van der Waals surface area (Å²) in [6.07, 6.45) is 1.56. The summed E-state index contributed by atoms with van der Waals surface area (Å²) >= 11 is 1.96. The fourth-order valence-corrected chi connectivity index (χ4v) is 2.55. The van der Waals surface area contributed by atoms with Crippen molar-refractivity contribution in [3.05, 3.63) is 23.8 Å². The van der Waals surface area contributed by atoms with Gasteiger partial charge in [-0.2, -0.15) is 11.8 Å². The molecule has 2 heterocycles. The first kappa shape index (κ1) is 12.2. The number of nitrogens with two attached hydrogens (primary N) is 1. The van der Waals surface area contributed by atoms with Crippen LogP contribution in [-0.4, -0.2) is 45.4 Å². The lowest BCUT2D eigenvalue weighted by Crippen LogP contribution is -2.42. The Morgan fingerprint density at radius 1 is 1.47 bits per heavy atom. The number of aromatic nitrogens is 2. The molecule has 2 N–H and O–H groups in total. The van der Waals surface area contributed by atoms with Crippen molar-refractivity contribution in [2.24, 2.45) is 10.7 Å². The van der Waals surface area contributed by atoms with Crippen LogP contribution < -0.4 is 5.73 Å². The first-order valence-corrected chi connectivity index (χ1v) is 6.81. The summed E-state index contributed by atoms with van der Waals surface area (Å²) in [5, 5.41) is 0. The molecule has 1 aliphatic rings. The second-order valence-corrected chi connectivity index (χ2v) is 5.15. The first-order valence-electron chi connectivity index (χ1n) is 5.66. The van der Waals surface area contributed by atoms with E-state index in [1.807, 2.05) is 24.8 Å². The Bertz CT molecular complexity index is 401. The summed E-state index contributed by atoms with van der Waals surface area (Å²) in [5.74, 6) is 2.88. The smallest absolute Gasteiger partial charge is 0.191 e. The predicted octanol–water partition coefficient (Wildman–Crippen LogP) is 0.649. The van der Waals surface area contributed by atoms with Crippen LogP contribution in [0.1, 0.15) is 11.4 Å². The van der Waals surface area contributed by atoms with Gasteiger partial charge in [0.25, 0.3) is 0 Å². The van der Waals surface area contributed by atoms with Crippen LogP contribution in [0.2, 0.25) is 0 Å². The Morgan fingerprint density at radius 3 is 2.94 bits per heavy atom. The Labute approximate surface area is 106 Å². The molecule has 6 heteroatoms. The number of guanidine groups is 1. The van der Waals surface area contributed by atoms with E-state index in [0.29, 0.717) is 12.5 Å². The Balaban J connectivity index is 1.95. The molecule has 1 aromatic heterocycles. The third kappa shape index (κ3) is 3.59. The van der Waals surface area contributed by atoms with Gasteiger partial charge in [-0.3, -0.25) is 0 Å². The number of rotatable bonds is 2. The predicted molar refractivity (Wildman–Crippen MR) is 71.0 cm³/mol. The normalized spacial score (nSPS) is 17.2. The molecule has 0 amide bonds. The summed E-state index contributed by atoms with van der Waals surface area (Å²) < 4.78 is 0. The molecule has 2 rings (SSSR count). The summed E-state index contributed by atoms with van der Waals surface area (Å²) in [5.41, 5.74) is 7.82. The molecule has 1 aliphatic heterocycles. The molecule has 0 saturated carbocycles. The Kier molecular flexibility index (Phi) is 4.19. The second-order valence-electron chi connectivity index (χ2n) is 3.92. The molecule has 0 unspecified atom stereocenters. The molecule has 1 aromatic rings. The van der Waals surface area contributed by atoms with Crippen molar-refractivity contribution >= 4 is 17.7 Å². The lowest BCUT2D eigenvalue weighted by atomic mass is 10.3. The summed E-state index contributed by atoms with van der Waals surface area (Å²) in [4.78, 5) is 14.7. The molecule has 17 heavy (non-hydrogen) atoms. The monoisotopic (exact) mass is 251 g/mol. The van der Waals surface area contributed by atoms with Gasteiger partial charge in [-0.25, -0.2) is 15.0 Å². The van der Waals surface area contributed by atoms with E-state index in [4.69, 9.17) is 5.73 Å². The van der Waals surface area contributed by atoms with E-state index in [1.54, 1.807) is 6.33 Å². The molecular formula is C11H17N5S. The zero-order valence-corrected chi connectivity index (χ0v) is 10.8. The van der Waals surface area contributed by atoms with E-state index < -0.39 is 0 Å².